The number of carbonyl (C=O) groups is 2. The highest BCUT2D eigenvalue weighted by molar-refractivity contribution is 5.92. The first-order valence-electron chi connectivity index (χ1n) is 8.74. The summed E-state index contributed by atoms with van der Waals surface area (Å²) in [6.45, 7) is 1.13. The van der Waals surface area contributed by atoms with Crippen molar-refractivity contribution in [3.05, 3.63) is 30.0 Å². The lowest BCUT2D eigenvalue weighted by Gasteiger charge is -2.23. The Morgan fingerprint density at radius 3 is 2.67 bits per heavy atom. The minimum atomic E-state index is -0.598. The molecule has 2 aromatic rings. The van der Waals surface area contributed by atoms with Crippen molar-refractivity contribution in [2.45, 2.75) is 6.42 Å². The fourth-order valence-corrected chi connectivity index (χ4v) is 2.80. The Balaban J connectivity index is 1.73. The monoisotopic (exact) mass is 376 g/mol. The standard InChI is InChI=1S/C19H24N2O6/c1-20(2)7-6-13-9-21(17-5-4-15(24-3)8-16(13)17)19(23)27-12-26-18(22)14-10-25-11-14/h4-5,8-9,14H,6-7,10-12H2,1-3H3. The first kappa shape index (κ1) is 19.2. The second-order valence-corrected chi connectivity index (χ2v) is 6.69. The molecule has 0 bridgehead atoms. The Kier molecular flexibility index (Phi) is 5.98. The molecule has 146 valence electrons. The maximum atomic E-state index is 12.5. The molecule has 1 aromatic carbocycles. The van der Waals surface area contributed by atoms with Gasteiger partial charge in [0.2, 0.25) is 6.79 Å². The molecule has 0 saturated carbocycles. The van der Waals surface area contributed by atoms with E-state index in [1.807, 2.05) is 26.2 Å². The van der Waals surface area contributed by atoms with Crippen LogP contribution in [0.3, 0.4) is 0 Å². The maximum absolute atomic E-state index is 12.5. The van der Waals surface area contributed by atoms with E-state index in [2.05, 4.69) is 4.90 Å². The smallest absolute Gasteiger partial charge is 0.421 e. The fourth-order valence-electron chi connectivity index (χ4n) is 2.80. The van der Waals surface area contributed by atoms with Gasteiger partial charge < -0.3 is 23.8 Å². The maximum Gasteiger partial charge on any atom is 0.421 e. The molecule has 0 amide bonds. The number of rotatable bonds is 7. The van der Waals surface area contributed by atoms with E-state index < -0.39 is 18.9 Å². The summed E-state index contributed by atoms with van der Waals surface area (Å²) in [5.41, 5.74) is 1.73. The number of nitrogens with zero attached hydrogens (tertiary/aromatic N) is 2. The molecule has 27 heavy (non-hydrogen) atoms. The molecule has 8 heteroatoms. The van der Waals surface area contributed by atoms with E-state index in [0.29, 0.717) is 18.7 Å². The average molecular weight is 376 g/mol. The average Bonchev–Trinajstić information content (AvgIpc) is 2.96. The van der Waals surface area contributed by atoms with Crippen molar-refractivity contribution >= 4 is 23.0 Å². The molecule has 1 saturated heterocycles. The second-order valence-electron chi connectivity index (χ2n) is 6.69. The van der Waals surface area contributed by atoms with E-state index in [0.717, 1.165) is 29.7 Å². The minimum absolute atomic E-state index is 0.263. The molecule has 1 aliphatic rings. The van der Waals surface area contributed by atoms with Crippen LogP contribution in [0.15, 0.2) is 24.4 Å². The number of fused-ring (bicyclic) bond motifs is 1. The van der Waals surface area contributed by atoms with Crippen LogP contribution < -0.4 is 4.74 Å². The van der Waals surface area contributed by atoms with Crippen molar-refractivity contribution in [3.63, 3.8) is 0 Å². The van der Waals surface area contributed by atoms with Crippen molar-refractivity contribution in [3.8, 4) is 5.75 Å². The third-order valence-corrected chi connectivity index (χ3v) is 4.47. The van der Waals surface area contributed by atoms with Gasteiger partial charge >= 0.3 is 12.1 Å². The molecular formula is C19H24N2O6. The number of aromatic nitrogens is 1. The molecular weight excluding hydrogens is 352 g/mol. The predicted molar refractivity (Wildman–Crippen MR) is 97.9 cm³/mol. The SMILES string of the molecule is COc1ccc2c(c1)c(CCN(C)C)cn2C(=O)OCOC(=O)C1COC1. The Morgan fingerprint density at radius 1 is 1.26 bits per heavy atom. The van der Waals surface area contributed by atoms with Crippen LogP contribution in [0.4, 0.5) is 4.79 Å². The van der Waals surface area contributed by atoms with Crippen LogP contribution >= 0.6 is 0 Å². The van der Waals surface area contributed by atoms with E-state index in [4.69, 9.17) is 18.9 Å². The molecule has 0 unspecified atom stereocenters. The molecule has 0 N–H and O–H groups in total. The molecule has 3 rings (SSSR count). The first-order valence-corrected chi connectivity index (χ1v) is 8.74. The van der Waals surface area contributed by atoms with E-state index in [1.54, 1.807) is 19.4 Å². The Hall–Kier alpha value is -2.58. The molecule has 1 aliphatic heterocycles. The fraction of sp³-hybridized carbons (Fsp3) is 0.474. The number of esters is 1. The lowest BCUT2D eigenvalue weighted by molar-refractivity contribution is -0.171. The summed E-state index contributed by atoms with van der Waals surface area (Å²) in [5, 5.41) is 0.928. The summed E-state index contributed by atoms with van der Waals surface area (Å²) < 4.78 is 21.8. The second kappa shape index (κ2) is 8.41. The summed E-state index contributed by atoms with van der Waals surface area (Å²) in [6.07, 6.45) is 1.93. The number of likely N-dealkylation sites (N-methyl/N-ethyl adjacent to an activating group) is 1. The number of ether oxygens (including phenoxy) is 4. The van der Waals surface area contributed by atoms with Crippen LogP contribution in [0.5, 0.6) is 5.75 Å². The quantitative estimate of drug-likeness (QED) is 0.539. The third-order valence-electron chi connectivity index (χ3n) is 4.47. The lowest BCUT2D eigenvalue weighted by Crippen LogP contribution is -2.36. The topological polar surface area (TPSA) is 79.2 Å². The Bertz CT molecular complexity index is 825. The molecule has 8 nitrogen and oxygen atoms in total. The molecule has 0 radical (unpaired) electrons. The molecule has 1 aromatic heterocycles. The zero-order valence-electron chi connectivity index (χ0n) is 15.8. The van der Waals surface area contributed by atoms with Crippen molar-refractivity contribution in [2.75, 3.05) is 47.8 Å². The number of hydrogen-bond donors (Lipinski definition) is 0. The van der Waals surface area contributed by atoms with Gasteiger partial charge in [-0.05, 0) is 44.3 Å². The highest BCUT2D eigenvalue weighted by atomic mass is 16.7. The predicted octanol–water partition coefficient (Wildman–Crippen LogP) is 1.89. The molecule has 2 heterocycles. The highest BCUT2D eigenvalue weighted by Gasteiger charge is 2.28. The van der Waals surface area contributed by atoms with Gasteiger partial charge in [-0.15, -0.1) is 0 Å². The van der Waals surface area contributed by atoms with Gasteiger partial charge in [-0.25, -0.2) is 4.79 Å². The Morgan fingerprint density at radius 2 is 2.04 bits per heavy atom. The Labute approximate surface area is 157 Å². The largest absolute Gasteiger partial charge is 0.497 e. The number of carbonyl (C=O) groups excluding carboxylic acids is 2. The summed E-state index contributed by atoms with van der Waals surface area (Å²) in [5.74, 6) is 0.0420. The van der Waals surface area contributed by atoms with E-state index in [9.17, 15) is 9.59 Å². The lowest BCUT2D eigenvalue weighted by atomic mass is 10.1. The number of methoxy groups -OCH3 is 1. The van der Waals surface area contributed by atoms with Crippen molar-refractivity contribution in [1.29, 1.82) is 0 Å². The van der Waals surface area contributed by atoms with Gasteiger partial charge in [0, 0.05) is 18.1 Å². The number of hydrogen-bond acceptors (Lipinski definition) is 7. The van der Waals surface area contributed by atoms with Crippen LogP contribution in [0, 0.1) is 5.92 Å². The zero-order valence-corrected chi connectivity index (χ0v) is 15.8. The summed E-state index contributed by atoms with van der Waals surface area (Å²) >= 11 is 0. The third kappa shape index (κ3) is 4.40. The first-order chi connectivity index (χ1) is 13.0. The van der Waals surface area contributed by atoms with Gasteiger partial charge in [-0.3, -0.25) is 9.36 Å². The molecule has 1 fully saturated rings. The van der Waals surface area contributed by atoms with Crippen LogP contribution in [-0.2, 0) is 25.4 Å². The van der Waals surface area contributed by atoms with Gasteiger partial charge in [0.05, 0.1) is 25.8 Å². The van der Waals surface area contributed by atoms with Gasteiger partial charge in [0.15, 0.2) is 0 Å². The number of benzene rings is 1. The molecule has 0 aliphatic carbocycles. The van der Waals surface area contributed by atoms with Crippen LogP contribution in [0.25, 0.3) is 10.9 Å². The van der Waals surface area contributed by atoms with Gasteiger partial charge in [-0.2, -0.15) is 0 Å². The van der Waals surface area contributed by atoms with E-state index >= 15 is 0 Å². The normalized spacial score (nSPS) is 14.2. The summed E-state index contributed by atoms with van der Waals surface area (Å²) in [7, 11) is 5.60. The molecule has 0 spiro atoms. The van der Waals surface area contributed by atoms with Crippen LogP contribution in [-0.4, -0.2) is 69.3 Å². The van der Waals surface area contributed by atoms with Crippen molar-refractivity contribution < 1.29 is 28.5 Å². The summed E-state index contributed by atoms with van der Waals surface area (Å²) in [4.78, 5) is 26.2. The minimum Gasteiger partial charge on any atom is -0.497 e. The van der Waals surface area contributed by atoms with Gasteiger partial charge in [0.25, 0.3) is 0 Å². The highest BCUT2D eigenvalue weighted by Crippen LogP contribution is 2.27. The molecule has 0 atom stereocenters. The van der Waals surface area contributed by atoms with Gasteiger partial charge in [-0.1, -0.05) is 0 Å². The van der Waals surface area contributed by atoms with Crippen molar-refractivity contribution in [1.82, 2.24) is 9.47 Å². The van der Waals surface area contributed by atoms with Crippen LogP contribution in [0.1, 0.15) is 5.56 Å². The summed E-state index contributed by atoms with van der Waals surface area (Å²) in [6, 6.07) is 5.51. The van der Waals surface area contributed by atoms with E-state index in [1.165, 1.54) is 4.57 Å². The van der Waals surface area contributed by atoms with E-state index in [-0.39, 0.29) is 5.92 Å². The van der Waals surface area contributed by atoms with Gasteiger partial charge in [0.1, 0.15) is 11.7 Å². The zero-order chi connectivity index (χ0) is 19.4. The van der Waals surface area contributed by atoms with Crippen molar-refractivity contribution in [2.24, 2.45) is 5.92 Å². The van der Waals surface area contributed by atoms with Crippen LogP contribution in [0.2, 0.25) is 0 Å².